The summed E-state index contributed by atoms with van der Waals surface area (Å²) in [4.78, 5) is 0. The topological polar surface area (TPSA) is 24.1 Å². The van der Waals surface area contributed by atoms with Crippen molar-refractivity contribution in [3.05, 3.63) is 65.2 Å². The maximum atomic E-state index is 5.42. The van der Waals surface area contributed by atoms with Crippen LogP contribution >= 0.6 is 12.2 Å². The highest BCUT2D eigenvalue weighted by molar-refractivity contribution is 7.80. The Bertz CT molecular complexity index is 632. The molecule has 0 heterocycles. The molecule has 0 fully saturated rings. The van der Waals surface area contributed by atoms with Crippen molar-refractivity contribution in [3.8, 4) is 0 Å². The predicted molar refractivity (Wildman–Crippen MR) is 99.5 cm³/mol. The molecule has 2 nitrogen and oxygen atoms in total. The summed E-state index contributed by atoms with van der Waals surface area (Å²) in [6.07, 6.45) is 0. The molecule has 0 aromatic heterocycles. The van der Waals surface area contributed by atoms with Gasteiger partial charge in [0.25, 0.3) is 0 Å². The molecule has 0 spiro atoms. The van der Waals surface area contributed by atoms with Crippen LogP contribution in [-0.2, 0) is 0 Å². The lowest BCUT2D eigenvalue weighted by molar-refractivity contribution is 0.717. The minimum atomic E-state index is 0.177. The molecule has 0 amide bonds. The fourth-order valence-electron chi connectivity index (χ4n) is 2.47. The summed E-state index contributed by atoms with van der Waals surface area (Å²) in [5.74, 6) is 0.542. The van der Waals surface area contributed by atoms with Crippen molar-refractivity contribution >= 4 is 23.0 Å². The molecule has 0 aliphatic carbocycles. The van der Waals surface area contributed by atoms with Gasteiger partial charge in [-0.05, 0) is 60.8 Å². The Hall–Kier alpha value is -1.87. The van der Waals surface area contributed by atoms with Crippen LogP contribution in [-0.4, -0.2) is 5.11 Å². The minimum Gasteiger partial charge on any atom is -0.356 e. The normalized spacial score (nSPS) is 12.0. The van der Waals surface area contributed by atoms with Gasteiger partial charge in [-0.3, -0.25) is 0 Å². The number of benzene rings is 2. The highest BCUT2D eigenvalue weighted by Crippen LogP contribution is 2.19. The van der Waals surface area contributed by atoms with Gasteiger partial charge in [0, 0.05) is 5.69 Å². The monoisotopic (exact) mass is 312 g/mol. The lowest BCUT2D eigenvalue weighted by Crippen LogP contribution is -2.31. The Morgan fingerprint density at radius 2 is 1.59 bits per heavy atom. The van der Waals surface area contributed by atoms with Crippen LogP contribution < -0.4 is 10.6 Å². The fraction of sp³-hybridized carbons (Fsp3) is 0.316. The van der Waals surface area contributed by atoms with E-state index >= 15 is 0 Å². The second kappa shape index (κ2) is 7.41. The first-order chi connectivity index (χ1) is 10.5. The van der Waals surface area contributed by atoms with Crippen LogP contribution in [0.1, 0.15) is 49.4 Å². The summed E-state index contributed by atoms with van der Waals surface area (Å²) < 4.78 is 0. The summed E-state index contributed by atoms with van der Waals surface area (Å²) >= 11 is 5.42. The van der Waals surface area contributed by atoms with Crippen LogP contribution in [0.5, 0.6) is 0 Å². The predicted octanol–water partition coefficient (Wildman–Crippen LogP) is 5.17. The van der Waals surface area contributed by atoms with Gasteiger partial charge in [-0.1, -0.05) is 50.2 Å². The summed E-state index contributed by atoms with van der Waals surface area (Å²) in [5, 5.41) is 7.24. The molecule has 2 N–H and O–H groups in total. The largest absolute Gasteiger partial charge is 0.356 e. The Morgan fingerprint density at radius 1 is 0.955 bits per heavy atom. The Kier molecular flexibility index (Phi) is 5.56. The third-order valence-electron chi connectivity index (χ3n) is 3.84. The number of rotatable bonds is 4. The molecular formula is C19H24N2S. The van der Waals surface area contributed by atoms with E-state index in [0.29, 0.717) is 11.0 Å². The highest BCUT2D eigenvalue weighted by atomic mass is 32.1. The molecule has 0 aliphatic heterocycles. The van der Waals surface area contributed by atoms with Gasteiger partial charge in [0.05, 0.1) is 6.04 Å². The van der Waals surface area contributed by atoms with E-state index < -0.39 is 0 Å². The van der Waals surface area contributed by atoms with E-state index in [1.807, 2.05) is 0 Å². The van der Waals surface area contributed by atoms with Gasteiger partial charge >= 0.3 is 0 Å². The molecule has 2 aromatic rings. The van der Waals surface area contributed by atoms with Crippen LogP contribution in [0.4, 0.5) is 5.69 Å². The first-order valence-corrected chi connectivity index (χ1v) is 8.11. The Balaban J connectivity index is 1.96. The standard InChI is InChI=1S/C19H24N2S/c1-13(2)16-9-11-17(12-10-16)21-19(22)20-15(4)18-8-6-5-7-14(18)3/h5-13,15H,1-4H3,(H2,20,21,22). The van der Waals surface area contributed by atoms with Gasteiger partial charge in [0.1, 0.15) is 0 Å². The lowest BCUT2D eigenvalue weighted by Gasteiger charge is -2.19. The number of anilines is 1. The van der Waals surface area contributed by atoms with E-state index in [1.165, 1.54) is 16.7 Å². The maximum Gasteiger partial charge on any atom is 0.171 e. The van der Waals surface area contributed by atoms with Gasteiger partial charge in [0.2, 0.25) is 0 Å². The van der Waals surface area contributed by atoms with Crippen molar-refractivity contribution in [2.75, 3.05) is 5.32 Å². The van der Waals surface area contributed by atoms with E-state index in [2.05, 4.69) is 86.9 Å². The molecule has 3 heteroatoms. The van der Waals surface area contributed by atoms with Crippen molar-refractivity contribution in [2.45, 2.75) is 39.7 Å². The molecule has 116 valence electrons. The zero-order chi connectivity index (χ0) is 16.1. The molecule has 2 aromatic carbocycles. The summed E-state index contributed by atoms with van der Waals surface area (Å²) in [6, 6.07) is 17.0. The van der Waals surface area contributed by atoms with E-state index in [4.69, 9.17) is 12.2 Å². The van der Waals surface area contributed by atoms with Crippen LogP contribution in [0, 0.1) is 6.92 Å². The number of nitrogens with one attached hydrogen (secondary N) is 2. The summed E-state index contributed by atoms with van der Waals surface area (Å²) in [6.45, 7) is 8.63. The molecule has 2 rings (SSSR count). The van der Waals surface area contributed by atoms with Crippen LogP contribution in [0.2, 0.25) is 0 Å². The van der Waals surface area contributed by atoms with E-state index in [-0.39, 0.29) is 6.04 Å². The van der Waals surface area contributed by atoms with Gasteiger partial charge < -0.3 is 10.6 Å². The second-order valence-electron chi connectivity index (χ2n) is 5.95. The van der Waals surface area contributed by atoms with E-state index in [0.717, 1.165) is 5.69 Å². The molecule has 22 heavy (non-hydrogen) atoms. The zero-order valence-corrected chi connectivity index (χ0v) is 14.5. The number of hydrogen-bond acceptors (Lipinski definition) is 1. The Labute approximate surface area is 139 Å². The number of thiocarbonyl (C=S) groups is 1. The van der Waals surface area contributed by atoms with Gasteiger partial charge in [-0.25, -0.2) is 0 Å². The average molecular weight is 312 g/mol. The molecular weight excluding hydrogens is 288 g/mol. The van der Waals surface area contributed by atoms with Crippen molar-refractivity contribution in [1.82, 2.24) is 5.32 Å². The molecule has 0 saturated heterocycles. The molecule has 1 unspecified atom stereocenters. The van der Waals surface area contributed by atoms with Gasteiger partial charge in [-0.2, -0.15) is 0 Å². The van der Waals surface area contributed by atoms with Crippen molar-refractivity contribution in [2.24, 2.45) is 0 Å². The third-order valence-corrected chi connectivity index (χ3v) is 4.06. The molecule has 0 saturated carbocycles. The van der Waals surface area contributed by atoms with Gasteiger partial charge in [0.15, 0.2) is 5.11 Å². The van der Waals surface area contributed by atoms with E-state index in [9.17, 15) is 0 Å². The van der Waals surface area contributed by atoms with Crippen molar-refractivity contribution < 1.29 is 0 Å². The molecule has 0 radical (unpaired) electrons. The average Bonchev–Trinajstić information content (AvgIpc) is 2.48. The van der Waals surface area contributed by atoms with Crippen molar-refractivity contribution in [3.63, 3.8) is 0 Å². The highest BCUT2D eigenvalue weighted by Gasteiger charge is 2.09. The second-order valence-corrected chi connectivity index (χ2v) is 6.36. The van der Waals surface area contributed by atoms with Crippen LogP contribution in [0.25, 0.3) is 0 Å². The maximum absolute atomic E-state index is 5.42. The molecule has 0 aliphatic rings. The van der Waals surface area contributed by atoms with Crippen LogP contribution in [0.15, 0.2) is 48.5 Å². The molecule has 0 bridgehead atoms. The first kappa shape index (κ1) is 16.5. The lowest BCUT2D eigenvalue weighted by atomic mass is 10.0. The fourth-order valence-corrected chi connectivity index (χ4v) is 2.76. The zero-order valence-electron chi connectivity index (χ0n) is 13.7. The Morgan fingerprint density at radius 3 is 2.18 bits per heavy atom. The molecule has 1 atom stereocenters. The van der Waals surface area contributed by atoms with E-state index in [1.54, 1.807) is 0 Å². The summed E-state index contributed by atoms with van der Waals surface area (Å²) in [7, 11) is 0. The van der Waals surface area contributed by atoms with Crippen molar-refractivity contribution in [1.29, 1.82) is 0 Å². The quantitative estimate of drug-likeness (QED) is 0.762. The third kappa shape index (κ3) is 4.31. The van der Waals surface area contributed by atoms with Crippen LogP contribution in [0.3, 0.4) is 0 Å². The number of aryl methyl sites for hydroxylation is 1. The van der Waals surface area contributed by atoms with Gasteiger partial charge in [-0.15, -0.1) is 0 Å². The number of hydrogen-bond donors (Lipinski definition) is 2. The smallest absolute Gasteiger partial charge is 0.171 e. The SMILES string of the molecule is Cc1ccccc1C(C)NC(=S)Nc1ccc(C(C)C)cc1. The minimum absolute atomic E-state index is 0.177. The summed E-state index contributed by atoms with van der Waals surface area (Å²) in [5.41, 5.74) is 4.88. The first-order valence-electron chi connectivity index (χ1n) is 7.70.